The summed E-state index contributed by atoms with van der Waals surface area (Å²) in [4.78, 5) is 12.6. The minimum absolute atomic E-state index is 0.0386. The maximum atomic E-state index is 12.6. The average molecular weight is 484 g/mol. The van der Waals surface area contributed by atoms with Crippen LogP contribution in [0.4, 0.5) is 36.8 Å². The van der Waals surface area contributed by atoms with E-state index in [9.17, 15) is 39.9 Å². The molecule has 0 saturated carbocycles. The summed E-state index contributed by atoms with van der Waals surface area (Å²) in [6.07, 6.45) is -17.5. The lowest BCUT2D eigenvalue weighted by molar-refractivity contribution is -0.308. The Morgan fingerprint density at radius 2 is 1.59 bits per heavy atom. The first kappa shape index (κ1) is 24.1. The van der Waals surface area contributed by atoms with E-state index in [2.05, 4.69) is 4.74 Å². The summed E-state index contributed by atoms with van der Waals surface area (Å²) in [6.45, 7) is -0.486. The van der Waals surface area contributed by atoms with E-state index in [-0.39, 0.29) is 25.9 Å². The Bertz CT molecular complexity index is 978. The zero-order valence-electron chi connectivity index (χ0n) is 16.3. The highest BCUT2D eigenvalue weighted by molar-refractivity contribution is 7.80. The van der Waals surface area contributed by atoms with E-state index in [1.807, 2.05) is 18.2 Å². The van der Waals surface area contributed by atoms with Crippen molar-refractivity contribution >= 4 is 33.8 Å². The van der Waals surface area contributed by atoms with Crippen molar-refractivity contribution in [3.05, 3.63) is 42.5 Å². The zero-order chi connectivity index (χ0) is 23.7. The molecular weight excluding hydrogens is 466 g/mol. The number of fused-ring (bicyclic) bond motifs is 1. The standard InChI is InChI=1S/C19H18F6N2O4S/c20-18(21,22)16(19(23,24)25)31-17(28)26-9-7-14(8-10-26)27(32(29)30)15-6-5-12-3-1-2-4-13(12)11-15/h1-6,11,14,16H,7-10H2,(H,29,30). The number of piperidine rings is 1. The Morgan fingerprint density at radius 1 is 1.03 bits per heavy atom. The lowest BCUT2D eigenvalue weighted by Crippen LogP contribution is -2.51. The van der Waals surface area contributed by atoms with Crippen LogP contribution in [0.15, 0.2) is 42.5 Å². The monoisotopic (exact) mass is 484 g/mol. The molecule has 0 radical (unpaired) electrons. The highest BCUT2D eigenvalue weighted by Gasteiger charge is 2.60. The van der Waals surface area contributed by atoms with Crippen LogP contribution in [0.5, 0.6) is 0 Å². The molecular formula is C19H18F6N2O4S. The largest absolute Gasteiger partial charge is 0.434 e. The van der Waals surface area contributed by atoms with Crippen LogP contribution in [0.2, 0.25) is 0 Å². The molecule has 1 saturated heterocycles. The minimum atomic E-state index is -5.80. The summed E-state index contributed by atoms with van der Waals surface area (Å²) in [5.74, 6) is 0. The molecule has 2 aromatic carbocycles. The highest BCUT2D eigenvalue weighted by Crippen LogP contribution is 2.36. The number of carbonyl (C=O) groups is 1. The third-order valence-corrected chi connectivity index (χ3v) is 5.87. The normalized spacial score (nSPS) is 16.9. The number of rotatable bonds is 4. The van der Waals surface area contributed by atoms with Crippen LogP contribution in [0.25, 0.3) is 10.8 Å². The number of alkyl halides is 6. The van der Waals surface area contributed by atoms with Crippen molar-refractivity contribution in [2.45, 2.75) is 37.3 Å². The molecule has 0 bridgehead atoms. The number of nitrogens with zero attached hydrogens (tertiary/aromatic N) is 2. The fourth-order valence-electron chi connectivity index (χ4n) is 3.52. The van der Waals surface area contributed by atoms with Crippen LogP contribution in [0.3, 0.4) is 0 Å². The van der Waals surface area contributed by atoms with Crippen LogP contribution in [-0.2, 0) is 16.0 Å². The maximum absolute atomic E-state index is 12.6. The number of anilines is 1. The van der Waals surface area contributed by atoms with Gasteiger partial charge in [-0.1, -0.05) is 30.3 Å². The van der Waals surface area contributed by atoms with Gasteiger partial charge in [-0.15, -0.1) is 0 Å². The number of ether oxygens (including phenoxy) is 1. The minimum Gasteiger partial charge on any atom is -0.426 e. The van der Waals surface area contributed by atoms with Gasteiger partial charge in [-0.25, -0.2) is 9.00 Å². The molecule has 1 N–H and O–H groups in total. The fourth-order valence-corrected chi connectivity index (χ4v) is 4.28. The van der Waals surface area contributed by atoms with Crippen LogP contribution in [0.1, 0.15) is 12.8 Å². The van der Waals surface area contributed by atoms with E-state index in [4.69, 9.17) is 0 Å². The van der Waals surface area contributed by atoms with Crippen molar-refractivity contribution in [2.75, 3.05) is 17.4 Å². The smallest absolute Gasteiger partial charge is 0.426 e. The lowest BCUT2D eigenvalue weighted by Gasteiger charge is -2.37. The summed E-state index contributed by atoms with van der Waals surface area (Å²) in [7, 11) is 0. The molecule has 3 rings (SSSR count). The van der Waals surface area contributed by atoms with Gasteiger partial charge in [0.1, 0.15) is 0 Å². The van der Waals surface area contributed by atoms with Gasteiger partial charge in [-0.2, -0.15) is 26.3 Å². The molecule has 0 aliphatic carbocycles. The molecule has 1 amide bonds. The molecule has 32 heavy (non-hydrogen) atoms. The second-order valence-electron chi connectivity index (χ2n) is 7.15. The second kappa shape index (κ2) is 9.14. The molecule has 0 aromatic heterocycles. The number of carbonyl (C=O) groups excluding carboxylic acids is 1. The van der Waals surface area contributed by atoms with Gasteiger partial charge in [-0.05, 0) is 35.7 Å². The first-order valence-electron chi connectivity index (χ1n) is 9.36. The Labute approximate surface area is 181 Å². The molecule has 1 fully saturated rings. The third kappa shape index (κ3) is 5.44. The van der Waals surface area contributed by atoms with Gasteiger partial charge < -0.3 is 9.64 Å². The SMILES string of the molecule is O=C(OC(C(F)(F)F)C(F)(F)F)N1CCC(N(c2ccc3ccccc3c2)S(=O)O)CC1. The molecule has 1 atom stereocenters. The molecule has 1 unspecified atom stereocenters. The van der Waals surface area contributed by atoms with E-state index < -0.39 is 41.9 Å². The summed E-state index contributed by atoms with van der Waals surface area (Å²) in [6, 6.07) is 11.8. The Kier molecular flexibility index (Phi) is 6.89. The predicted molar refractivity (Wildman–Crippen MR) is 104 cm³/mol. The average Bonchev–Trinajstić information content (AvgIpc) is 2.70. The van der Waals surface area contributed by atoms with Crippen molar-refractivity contribution in [1.29, 1.82) is 0 Å². The quantitative estimate of drug-likeness (QED) is 0.496. The summed E-state index contributed by atoms with van der Waals surface area (Å²) in [5.41, 5.74) is 0.416. The predicted octanol–water partition coefficient (Wildman–Crippen LogP) is 4.88. The van der Waals surface area contributed by atoms with Crippen molar-refractivity contribution in [2.24, 2.45) is 0 Å². The molecule has 1 aliphatic rings. The van der Waals surface area contributed by atoms with Gasteiger partial charge in [0.25, 0.3) is 17.4 Å². The molecule has 0 spiro atoms. The van der Waals surface area contributed by atoms with Gasteiger partial charge in [0, 0.05) is 19.1 Å². The van der Waals surface area contributed by atoms with Crippen LogP contribution in [0, 0.1) is 0 Å². The van der Waals surface area contributed by atoms with E-state index >= 15 is 0 Å². The van der Waals surface area contributed by atoms with Crippen molar-refractivity contribution in [3.63, 3.8) is 0 Å². The molecule has 1 heterocycles. The van der Waals surface area contributed by atoms with Gasteiger partial charge >= 0.3 is 18.4 Å². The van der Waals surface area contributed by atoms with E-state index in [0.29, 0.717) is 5.69 Å². The Balaban J connectivity index is 1.70. The number of likely N-dealkylation sites (tertiary alicyclic amines) is 1. The summed E-state index contributed by atoms with van der Waals surface area (Å²) in [5, 5.41) is 1.72. The van der Waals surface area contributed by atoms with Crippen molar-refractivity contribution in [3.8, 4) is 0 Å². The topological polar surface area (TPSA) is 70.1 Å². The number of benzene rings is 2. The lowest BCUT2D eigenvalue weighted by atomic mass is 10.0. The van der Waals surface area contributed by atoms with Gasteiger partial charge in [-0.3, -0.25) is 8.86 Å². The first-order chi connectivity index (χ1) is 14.9. The Hall–Kier alpha value is -2.54. The van der Waals surface area contributed by atoms with Gasteiger partial charge in [0.05, 0.1) is 5.69 Å². The first-order valence-corrected chi connectivity index (χ1v) is 10.4. The Morgan fingerprint density at radius 3 is 2.12 bits per heavy atom. The second-order valence-corrected chi connectivity index (χ2v) is 8.01. The van der Waals surface area contributed by atoms with Crippen LogP contribution >= 0.6 is 0 Å². The van der Waals surface area contributed by atoms with E-state index in [0.717, 1.165) is 15.7 Å². The number of hydrogen-bond donors (Lipinski definition) is 1. The number of amides is 1. The maximum Gasteiger partial charge on any atom is 0.434 e. The molecule has 6 nitrogen and oxygen atoms in total. The fraction of sp³-hybridized carbons (Fsp3) is 0.421. The van der Waals surface area contributed by atoms with Crippen LogP contribution in [-0.4, -0.2) is 57.3 Å². The van der Waals surface area contributed by atoms with Gasteiger partial charge in [0.15, 0.2) is 0 Å². The van der Waals surface area contributed by atoms with Gasteiger partial charge in [0.2, 0.25) is 0 Å². The highest BCUT2D eigenvalue weighted by atomic mass is 32.2. The summed E-state index contributed by atoms with van der Waals surface area (Å²) >= 11 is -2.45. The van der Waals surface area contributed by atoms with Crippen molar-refractivity contribution < 1.29 is 44.6 Å². The molecule has 176 valence electrons. The van der Waals surface area contributed by atoms with E-state index in [1.54, 1.807) is 24.3 Å². The number of hydrogen-bond acceptors (Lipinski definition) is 3. The molecule has 13 heteroatoms. The third-order valence-electron chi connectivity index (χ3n) is 5.02. The zero-order valence-corrected chi connectivity index (χ0v) is 17.1. The van der Waals surface area contributed by atoms with Crippen LogP contribution < -0.4 is 4.31 Å². The molecule has 1 aliphatic heterocycles. The van der Waals surface area contributed by atoms with E-state index in [1.165, 1.54) is 4.31 Å². The molecule has 2 aromatic rings. The van der Waals surface area contributed by atoms with Crippen molar-refractivity contribution in [1.82, 2.24) is 4.90 Å². The summed E-state index contributed by atoms with van der Waals surface area (Å²) < 4.78 is 102. The number of halogens is 6.